The Bertz CT molecular complexity index is 772. The molecule has 1 N–H and O–H groups in total. The number of carbonyl (C=O) groups excluding carboxylic acids is 2. The van der Waals surface area contributed by atoms with Crippen LogP contribution in [0.15, 0.2) is 48.5 Å². The van der Waals surface area contributed by atoms with Crippen LogP contribution in [0.5, 0.6) is 0 Å². The van der Waals surface area contributed by atoms with Crippen LogP contribution in [-0.2, 0) is 15.7 Å². The first-order valence-corrected chi connectivity index (χ1v) is 7.12. The fraction of sp³-hybridized carbons (Fsp3) is 0.176. The average Bonchev–Trinajstić information content (AvgIpc) is 2.54. The molecule has 25 heavy (non-hydrogen) atoms. The summed E-state index contributed by atoms with van der Waals surface area (Å²) in [6.07, 6.45) is -5.99. The van der Waals surface area contributed by atoms with Crippen LogP contribution >= 0.6 is 0 Å². The molecule has 2 aromatic carbocycles. The number of hydrogen-bond acceptors (Lipinski definition) is 3. The molecule has 1 amide bonds. The van der Waals surface area contributed by atoms with E-state index < -0.39 is 41.2 Å². The number of anilines is 1. The lowest BCUT2D eigenvalue weighted by atomic mass is 10.1. The molecule has 2 rings (SSSR count). The number of rotatable bonds is 4. The fourth-order valence-electron chi connectivity index (χ4n) is 1.94. The molecule has 0 radical (unpaired) electrons. The standard InChI is InChI=1S/C17H13F4NO3/c1-10(25-16(24)11-6-8-12(18)9-7-11)15(23)22-14-5-3-2-4-13(14)17(19,20)21/h2-10H,1H3,(H,22,23)/t10-/m0/s1. The van der Waals surface area contributed by atoms with Crippen LogP contribution in [0.4, 0.5) is 23.2 Å². The van der Waals surface area contributed by atoms with Crippen molar-refractivity contribution >= 4 is 17.6 Å². The fourth-order valence-corrected chi connectivity index (χ4v) is 1.94. The Kier molecular flexibility index (Phi) is 5.41. The minimum absolute atomic E-state index is 0.0109. The molecule has 0 bridgehead atoms. The number of ether oxygens (including phenoxy) is 1. The van der Waals surface area contributed by atoms with Crippen molar-refractivity contribution < 1.29 is 31.9 Å². The zero-order valence-electron chi connectivity index (χ0n) is 12.9. The van der Waals surface area contributed by atoms with Crippen LogP contribution in [0.25, 0.3) is 0 Å². The van der Waals surface area contributed by atoms with Crippen molar-refractivity contribution in [2.75, 3.05) is 5.32 Å². The van der Waals surface area contributed by atoms with Gasteiger partial charge in [0.15, 0.2) is 6.10 Å². The summed E-state index contributed by atoms with van der Waals surface area (Å²) in [5, 5.41) is 2.09. The van der Waals surface area contributed by atoms with Crippen LogP contribution in [0.3, 0.4) is 0 Å². The van der Waals surface area contributed by atoms with Crippen molar-refractivity contribution in [2.24, 2.45) is 0 Å². The molecule has 0 fully saturated rings. The van der Waals surface area contributed by atoms with Gasteiger partial charge in [-0.1, -0.05) is 12.1 Å². The highest BCUT2D eigenvalue weighted by molar-refractivity contribution is 5.97. The van der Waals surface area contributed by atoms with Gasteiger partial charge in [0.1, 0.15) is 5.82 Å². The second kappa shape index (κ2) is 7.33. The minimum atomic E-state index is -4.64. The Hall–Kier alpha value is -2.90. The molecule has 0 spiro atoms. The van der Waals surface area contributed by atoms with E-state index in [2.05, 4.69) is 5.32 Å². The highest BCUT2D eigenvalue weighted by Crippen LogP contribution is 2.34. The van der Waals surface area contributed by atoms with E-state index >= 15 is 0 Å². The van der Waals surface area contributed by atoms with Gasteiger partial charge in [-0.25, -0.2) is 9.18 Å². The highest BCUT2D eigenvalue weighted by Gasteiger charge is 2.34. The minimum Gasteiger partial charge on any atom is -0.449 e. The normalized spacial score (nSPS) is 12.4. The van der Waals surface area contributed by atoms with E-state index in [-0.39, 0.29) is 5.56 Å². The van der Waals surface area contributed by atoms with Gasteiger partial charge in [0.05, 0.1) is 16.8 Å². The van der Waals surface area contributed by atoms with Gasteiger partial charge in [0.2, 0.25) is 0 Å². The number of para-hydroxylation sites is 1. The van der Waals surface area contributed by atoms with Crippen molar-refractivity contribution in [1.82, 2.24) is 0 Å². The molecule has 0 saturated heterocycles. The Labute approximate surface area is 140 Å². The Morgan fingerprint density at radius 2 is 1.64 bits per heavy atom. The number of nitrogens with one attached hydrogen (secondary N) is 1. The van der Waals surface area contributed by atoms with Crippen LogP contribution in [0.1, 0.15) is 22.8 Å². The molecule has 1 atom stereocenters. The van der Waals surface area contributed by atoms with Crippen molar-refractivity contribution in [1.29, 1.82) is 0 Å². The van der Waals surface area contributed by atoms with Gasteiger partial charge in [-0.05, 0) is 43.3 Å². The number of esters is 1. The first-order valence-electron chi connectivity index (χ1n) is 7.12. The second-order valence-electron chi connectivity index (χ2n) is 5.09. The summed E-state index contributed by atoms with van der Waals surface area (Å²) in [4.78, 5) is 23.8. The number of halogens is 4. The van der Waals surface area contributed by atoms with Gasteiger partial charge in [0.25, 0.3) is 5.91 Å². The van der Waals surface area contributed by atoms with Crippen molar-refractivity contribution in [3.63, 3.8) is 0 Å². The summed E-state index contributed by atoms with van der Waals surface area (Å²) in [6, 6.07) is 8.86. The summed E-state index contributed by atoms with van der Waals surface area (Å²) in [6.45, 7) is 1.22. The molecule has 4 nitrogen and oxygen atoms in total. The quantitative estimate of drug-likeness (QED) is 0.666. The lowest BCUT2D eigenvalue weighted by Crippen LogP contribution is -2.30. The molecular formula is C17H13F4NO3. The monoisotopic (exact) mass is 355 g/mol. The van der Waals surface area contributed by atoms with E-state index in [1.165, 1.54) is 31.2 Å². The molecule has 0 aliphatic rings. The lowest BCUT2D eigenvalue weighted by Gasteiger charge is -2.16. The molecule has 132 valence electrons. The first-order chi connectivity index (χ1) is 11.7. The van der Waals surface area contributed by atoms with Crippen molar-refractivity contribution in [3.05, 3.63) is 65.5 Å². The zero-order chi connectivity index (χ0) is 18.6. The number of amides is 1. The van der Waals surface area contributed by atoms with Gasteiger partial charge >= 0.3 is 12.1 Å². The largest absolute Gasteiger partial charge is 0.449 e. The van der Waals surface area contributed by atoms with Gasteiger partial charge in [-0.3, -0.25) is 4.79 Å². The summed E-state index contributed by atoms with van der Waals surface area (Å²) < 4.78 is 56.4. The molecule has 2 aromatic rings. The molecule has 0 aromatic heterocycles. The van der Waals surface area contributed by atoms with E-state index in [0.29, 0.717) is 0 Å². The molecule has 0 unspecified atom stereocenters. The molecule has 0 heterocycles. The third-order valence-electron chi connectivity index (χ3n) is 3.22. The number of alkyl halides is 3. The van der Waals surface area contributed by atoms with Crippen molar-refractivity contribution in [2.45, 2.75) is 19.2 Å². The molecule has 0 saturated carbocycles. The van der Waals surface area contributed by atoms with E-state index in [1.807, 2.05) is 0 Å². The molecule has 0 aliphatic heterocycles. The van der Waals surface area contributed by atoms with E-state index in [9.17, 15) is 27.2 Å². The SMILES string of the molecule is C[C@H](OC(=O)c1ccc(F)cc1)C(=O)Nc1ccccc1C(F)(F)F. The molecule has 8 heteroatoms. The average molecular weight is 355 g/mol. The van der Waals surface area contributed by atoms with Gasteiger partial charge in [-0.15, -0.1) is 0 Å². The maximum absolute atomic E-state index is 12.9. The molecule has 0 aliphatic carbocycles. The first kappa shape index (κ1) is 18.4. The van der Waals surface area contributed by atoms with E-state index in [0.717, 1.165) is 24.3 Å². The Morgan fingerprint density at radius 3 is 2.24 bits per heavy atom. The summed E-state index contributed by atoms with van der Waals surface area (Å²) in [7, 11) is 0. The number of hydrogen-bond donors (Lipinski definition) is 1. The maximum Gasteiger partial charge on any atom is 0.418 e. The van der Waals surface area contributed by atoms with Gasteiger partial charge in [0, 0.05) is 0 Å². The Balaban J connectivity index is 2.06. The van der Waals surface area contributed by atoms with Crippen molar-refractivity contribution in [3.8, 4) is 0 Å². The predicted octanol–water partition coefficient (Wildman–Crippen LogP) is 4.03. The van der Waals surface area contributed by atoms with Gasteiger partial charge < -0.3 is 10.1 Å². The number of benzene rings is 2. The predicted molar refractivity (Wildman–Crippen MR) is 81.4 cm³/mol. The summed E-state index contributed by atoms with van der Waals surface area (Å²) in [5.41, 5.74) is -1.44. The second-order valence-corrected chi connectivity index (χ2v) is 5.09. The van der Waals surface area contributed by atoms with Crippen LogP contribution in [-0.4, -0.2) is 18.0 Å². The summed E-state index contributed by atoms with van der Waals surface area (Å²) in [5.74, 6) is -2.37. The van der Waals surface area contributed by atoms with Crippen LogP contribution in [0.2, 0.25) is 0 Å². The van der Waals surface area contributed by atoms with Crippen LogP contribution in [0, 0.1) is 5.82 Å². The third kappa shape index (κ3) is 4.79. The maximum atomic E-state index is 12.9. The van der Waals surface area contributed by atoms with Gasteiger partial charge in [-0.2, -0.15) is 13.2 Å². The zero-order valence-corrected chi connectivity index (χ0v) is 12.9. The summed E-state index contributed by atoms with van der Waals surface area (Å²) >= 11 is 0. The third-order valence-corrected chi connectivity index (χ3v) is 3.22. The van der Waals surface area contributed by atoms with E-state index in [4.69, 9.17) is 4.74 Å². The highest BCUT2D eigenvalue weighted by atomic mass is 19.4. The number of carbonyl (C=O) groups is 2. The Morgan fingerprint density at radius 1 is 1.04 bits per heavy atom. The molecular weight excluding hydrogens is 342 g/mol. The van der Waals surface area contributed by atoms with Crippen LogP contribution < -0.4 is 5.32 Å². The smallest absolute Gasteiger partial charge is 0.418 e. The van der Waals surface area contributed by atoms with E-state index in [1.54, 1.807) is 0 Å². The topological polar surface area (TPSA) is 55.4 Å². The lowest BCUT2D eigenvalue weighted by molar-refractivity contribution is -0.137.